The van der Waals surface area contributed by atoms with Crippen LogP contribution in [0.4, 0.5) is 0 Å². The number of nitrogens with one attached hydrogen (secondary N) is 1. The molecule has 0 aliphatic carbocycles. The van der Waals surface area contributed by atoms with E-state index in [9.17, 15) is 4.79 Å². The van der Waals surface area contributed by atoms with Crippen LogP contribution in [0.15, 0.2) is 0 Å². The molecule has 13 heavy (non-hydrogen) atoms. The van der Waals surface area contributed by atoms with Gasteiger partial charge in [0.15, 0.2) is 0 Å². The molecular formula is C6H16N2OP4. The molecule has 1 saturated heterocycles. The smallest absolute Gasteiger partial charge is 0.240 e. The Hall–Kier alpha value is 1.15. The molecule has 0 aromatic rings. The SMILES string of the molecule is CCN1CC[C@@H](NP(P)PP)C1=O. The Morgan fingerprint density at radius 2 is 2.54 bits per heavy atom. The van der Waals surface area contributed by atoms with Crippen molar-refractivity contribution in [3.63, 3.8) is 0 Å². The van der Waals surface area contributed by atoms with Crippen molar-refractivity contribution in [2.45, 2.75) is 19.4 Å². The molecule has 0 bridgehead atoms. The predicted molar refractivity (Wildman–Crippen MR) is 68.4 cm³/mol. The third kappa shape index (κ3) is 3.33. The first kappa shape index (κ1) is 12.2. The highest BCUT2D eigenvalue weighted by Gasteiger charge is 2.30. The van der Waals surface area contributed by atoms with Crippen LogP contribution in [0.25, 0.3) is 0 Å². The largest absolute Gasteiger partial charge is 0.342 e. The minimum atomic E-state index is -0.230. The van der Waals surface area contributed by atoms with Gasteiger partial charge in [0.1, 0.15) is 0 Å². The molecule has 1 aliphatic rings. The van der Waals surface area contributed by atoms with Crippen LogP contribution in [0.2, 0.25) is 0 Å². The third-order valence-corrected chi connectivity index (χ3v) is 11.2. The first-order chi connectivity index (χ1) is 6.19. The lowest BCUT2D eigenvalue weighted by atomic mass is 10.3. The van der Waals surface area contributed by atoms with Gasteiger partial charge in [0, 0.05) is 20.5 Å². The molecule has 1 heterocycles. The maximum absolute atomic E-state index is 11.6. The molecule has 1 fully saturated rings. The monoisotopic (exact) mass is 256 g/mol. The number of hydrogen-bond donors (Lipinski definition) is 1. The number of carbonyl (C=O) groups excluding carboxylic acids is 1. The van der Waals surface area contributed by atoms with Gasteiger partial charge in [-0.25, -0.2) is 0 Å². The summed E-state index contributed by atoms with van der Waals surface area (Å²) in [5.41, 5.74) is 0. The molecule has 76 valence electrons. The predicted octanol–water partition coefficient (Wildman–Crippen LogP) is 1.77. The van der Waals surface area contributed by atoms with Crippen molar-refractivity contribution in [1.82, 2.24) is 9.99 Å². The van der Waals surface area contributed by atoms with Crippen LogP contribution in [0.1, 0.15) is 13.3 Å². The number of likely N-dealkylation sites (N-methyl/N-ethyl adjacent to an activating group) is 1. The summed E-state index contributed by atoms with van der Waals surface area (Å²) in [4.78, 5) is 13.6. The highest BCUT2D eigenvalue weighted by Crippen LogP contribution is 2.63. The second-order valence-corrected chi connectivity index (χ2v) is 11.8. The fourth-order valence-corrected chi connectivity index (χ4v) is 3.93. The number of carbonyl (C=O) groups is 1. The van der Waals surface area contributed by atoms with Gasteiger partial charge >= 0.3 is 0 Å². The van der Waals surface area contributed by atoms with E-state index in [0.717, 1.165) is 27.5 Å². The summed E-state index contributed by atoms with van der Waals surface area (Å²) in [7, 11) is 6.08. The molecular weight excluding hydrogens is 240 g/mol. The minimum Gasteiger partial charge on any atom is -0.342 e. The molecule has 4 unspecified atom stereocenters. The lowest BCUT2D eigenvalue weighted by Gasteiger charge is -2.17. The minimum absolute atomic E-state index is 0.0802. The van der Waals surface area contributed by atoms with Crippen LogP contribution < -0.4 is 5.09 Å². The second kappa shape index (κ2) is 5.89. The quantitative estimate of drug-likeness (QED) is 0.777. The zero-order valence-electron chi connectivity index (χ0n) is 7.66. The third-order valence-electron chi connectivity index (χ3n) is 2.11. The summed E-state index contributed by atoms with van der Waals surface area (Å²) < 4.78 is 0. The van der Waals surface area contributed by atoms with Crippen molar-refractivity contribution in [3.05, 3.63) is 0 Å². The Balaban J connectivity index is 2.41. The van der Waals surface area contributed by atoms with E-state index in [4.69, 9.17) is 0 Å². The maximum Gasteiger partial charge on any atom is 0.240 e. The molecule has 5 atom stereocenters. The summed E-state index contributed by atoms with van der Waals surface area (Å²) in [6.45, 7) is 3.79. The highest BCUT2D eigenvalue weighted by molar-refractivity contribution is 8.60. The van der Waals surface area contributed by atoms with Crippen LogP contribution in [0.5, 0.6) is 0 Å². The molecule has 0 aromatic carbocycles. The molecule has 0 spiro atoms. The van der Waals surface area contributed by atoms with Gasteiger partial charge in [0.2, 0.25) is 5.91 Å². The van der Waals surface area contributed by atoms with E-state index in [2.05, 4.69) is 22.9 Å². The van der Waals surface area contributed by atoms with Gasteiger partial charge in [0.25, 0.3) is 0 Å². The zero-order chi connectivity index (χ0) is 9.84. The molecule has 3 nitrogen and oxygen atoms in total. The van der Waals surface area contributed by atoms with Crippen molar-refractivity contribution in [1.29, 1.82) is 0 Å². The fourth-order valence-electron chi connectivity index (χ4n) is 1.38. The number of hydrogen-bond acceptors (Lipinski definition) is 2. The zero-order valence-corrected chi connectivity index (χ0v) is 11.9. The number of likely N-dealkylation sites (tertiary alicyclic amines) is 1. The Morgan fingerprint density at radius 1 is 1.85 bits per heavy atom. The summed E-state index contributed by atoms with van der Waals surface area (Å²) in [6, 6.07) is 0.0802. The Labute approximate surface area is 86.8 Å². The van der Waals surface area contributed by atoms with E-state index >= 15 is 0 Å². The molecule has 1 rings (SSSR count). The van der Waals surface area contributed by atoms with Crippen molar-refractivity contribution in [3.8, 4) is 0 Å². The van der Waals surface area contributed by atoms with E-state index < -0.39 is 0 Å². The summed E-state index contributed by atoms with van der Waals surface area (Å²) in [5.74, 6) is 0.278. The Kier molecular flexibility index (Phi) is 5.54. The lowest BCUT2D eigenvalue weighted by Crippen LogP contribution is -2.34. The number of nitrogens with zero attached hydrogens (tertiary/aromatic N) is 1. The van der Waals surface area contributed by atoms with Gasteiger partial charge < -0.3 is 4.90 Å². The van der Waals surface area contributed by atoms with E-state index in [1.54, 1.807) is 0 Å². The van der Waals surface area contributed by atoms with Crippen LogP contribution in [0, 0.1) is 0 Å². The molecule has 0 saturated carbocycles. The standard InChI is InChI=1S/C6H16N2OP4/c1-2-8-4-3-5(6(8)9)7-13(11)12-10/h5,7,12H,2-4,10-11H2,1H3/t5-,13?/m1/s1. The Bertz CT molecular complexity index is 191. The molecule has 1 N–H and O–H groups in total. The normalized spacial score (nSPS) is 26.2. The molecule has 0 radical (unpaired) electrons. The van der Waals surface area contributed by atoms with Gasteiger partial charge in [-0.05, 0) is 13.3 Å². The average molecular weight is 256 g/mol. The topological polar surface area (TPSA) is 32.3 Å². The van der Waals surface area contributed by atoms with Crippen molar-refractivity contribution >= 4 is 39.2 Å². The van der Waals surface area contributed by atoms with Crippen molar-refractivity contribution in [2.75, 3.05) is 13.1 Å². The van der Waals surface area contributed by atoms with Crippen molar-refractivity contribution < 1.29 is 4.79 Å². The van der Waals surface area contributed by atoms with Gasteiger partial charge in [-0.1, -0.05) is 16.9 Å². The second-order valence-electron chi connectivity index (χ2n) is 2.89. The van der Waals surface area contributed by atoms with E-state index in [0.29, 0.717) is 0 Å². The molecule has 7 heteroatoms. The fraction of sp³-hybridized carbons (Fsp3) is 0.833. The lowest BCUT2D eigenvalue weighted by molar-refractivity contribution is -0.128. The van der Waals surface area contributed by atoms with Gasteiger partial charge in [-0.2, -0.15) is 0 Å². The van der Waals surface area contributed by atoms with E-state index in [-0.39, 0.29) is 19.4 Å². The Morgan fingerprint density at radius 3 is 3.00 bits per heavy atom. The van der Waals surface area contributed by atoms with Gasteiger partial charge in [-0.3, -0.25) is 9.88 Å². The number of amides is 1. The molecule has 0 aromatic heterocycles. The summed E-state index contributed by atoms with van der Waals surface area (Å²) in [6.07, 6.45) is 0.967. The summed E-state index contributed by atoms with van der Waals surface area (Å²) >= 11 is 0. The van der Waals surface area contributed by atoms with E-state index in [1.807, 2.05) is 11.8 Å². The van der Waals surface area contributed by atoms with Crippen LogP contribution in [0.3, 0.4) is 0 Å². The first-order valence-electron chi connectivity index (χ1n) is 4.25. The van der Waals surface area contributed by atoms with Crippen molar-refractivity contribution in [2.24, 2.45) is 0 Å². The van der Waals surface area contributed by atoms with Crippen LogP contribution in [-0.4, -0.2) is 29.9 Å². The average Bonchev–Trinajstić information content (AvgIpc) is 2.48. The number of rotatable bonds is 4. The first-order valence-corrected chi connectivity index (χ1v) is 10.9. The molecule has 1 amide bonds. The highest BCUT2D eigenvalue weighted by atomic mass is 32.6. The van der Waals surface area contributed by atoms with Crippen LogP contribution in [-0.2, 0) is 4.79 Å². The maximum atomic E-state index is 11.6. The van der Waals surface area contributed by atoms with Gasteiger partial charge in [-0.15, -0.1) is 8.93 Å². The van der Waals surface area contributed by atoms with E-state index in [1.165, 1.54) is 0 Å². The molecule has 1 aliphatic heterocycles. The summed E-state index contributed by atoms with van der Waals surface area (Å²) in [5, 5.41) is 3.37. The van der Waals surface area contributed by atoms with Crippen LogP contribution >= 0.6 is 33.3 Å². The van der Waals surface area contributed by atoms with Gasteiger partial charge in [0.05, 0.1) is 6.04 Å².